The Morgan fingerprint density at radius 2 is 1.95 bits per heavy atom. The summed E-state index contributed by atoms with van der Waals surface area (Å²) in [7, 11) is 0. The molecule has 5 atom stereocenters. The molecule has 0 radical (unpaired) electrons. The van der Waals surface area contributed by atoms with Crippen molar-refractivity contribution in [3.05, 3.63) is 0 Å². The Morgan fingerprint density at radius 1 is 1.23 bits per heavy atom. The van der Waals surface area contributed by atoms with E-state index in [1.165, 1.54) is 12.8 Å². The number of nitrogens with one attached hydrogen (secondary N) is 1. The summed E-state index contributed by atoms with van der Waals surface area (Å²) in [6.45, 7) is 7.25. The molecule has 3 aliphatic rings. The molecule has 1 aliphatic heterocycles. The molecule has 2 aliphatic carbocycles. The Bertz CT molecular complexity index is 429. The predicted molar refractivity (Wildman–Crippen MR) is 90.0 cm³/mol. The maximum atomic E-state index is 12.9. The van der Waals surface area contributed by atoms with Crippen LogP contribution in [0.25, 0.3) is 0 Å². The van der Waals surface area contributed by atoms with Crippen molar-refractivity contribution in [3.63, 3.8) is 0 Å². The molecule has 3 N–H and O–H groups in total. The third-order valence-corrected chi connectivity index (χ3v) is 6.33. The monoisotopic (exact) mass is 330 g/mol. The summed E-state index contributed by atoms with van der Waals surface area (Å²) in [4.78, 5) is 12.9. The lowest BCUT2D eigenvalue weighted by Crippen LogP contribution is -2.82. The highest BCUT2D eigenvalue weighted by molar-refractivity contribution is 5.89. The van der Waals surface area contributed by atoms with Gasteiger partial charge in [-0.15, -0.1) is 12.4 Å². The van der Waals surface area contributed by atoms with E-state index in [1.54, 1.807) is 0 Å². The number of fused-ring (bicyclic) bond motifs is 1. The molecule has 0 aromatic carbocycles. The highest BCUT2D eigenvalue weighted by atomic mass is 35.5. The van der Waals surface area contributed by atoms with Gasteiger partial charge in [-0.3, -0.25) is 4.79 Å². The summed E-state index contributed by atoms with van der Waals surface area (Å²) in [5.74, 6) is 0.943. The van der Waals surface area contributed by atoms with Gasteiger partial charge in [0, 0.05) is 24.0 Å². The van der Waals surface area contributed by atoms with E-state index in [9.17, 15) is 4.79 Å². The van der Waals surface area contributed by atoms with Crippen molar-refractivity contribution in [1.82, 2.24) is 5.32 Å². The van der Waals surface area contributed by atoms with Crippen molar-refractivity contribution in [1.29, 1.82) is 0 Å². The topological polar surface area (TPSA) is 64.4 Å². The van der Waals surface area contributed by atoms with Gasteiger partial charge in [0.15, 0.2) is 0 Å². The number of carbonyl (C=O) groups excluding carboxylic acids is 1. The molecule has 5 unspecified atom stereocenters. The van der Waals surface area contributed by atoms with Crippen LogP contribution in [0.4, 0.5) is 0 Å². The normalized spacial score (nSPS) is 43.3. The van der Waals surface area contributed by atoms with E-state index in [1.807, 2.05) is 0 Å². The summed E-state index contributed by atoms with van der Waals surface area (Å²) in [5.41, 5.74) is 5.60. The summed E-state index contributed by atoms with van der Waals surface area (Å²) >= 11 is 0. The smallest absolute Gasteiger partial charge is 0.241 e. The van der Waals surface area contributed by atoms with Crippen LogP contribution in [-0.4, -0.2) is 30.2 Å². The molecule has 2 saturated carbocycles. The molecule has 128 valence electrons. The van der Waals surface area contributed by atoms with Crippen LogP contribution >= 0.6 is 12.4 Å². The van der Waals surface area contributed by atoms with Crippen LogP contribution in [0.5, 0.6) is 0 Å². The van der Waals surface area contributed by atoms with E-state index in [0.29, 0.717) is 12.0 Å². The lowest BCUT2D eigenvalue weighted by molar-refractivity contribution is -0.225. The van der Waals surface area contributed by atoms with Gasteiger partial charge >= 0.3 is 0 Å². The molecule has 0 aromatic heterocycles. The highest BCUT2D eigenvalue weighted by Crippen LogP contribution is 2.57. The van der Waals surface area contributed by atoms with Crippen molar-refractivity contribution >= 4 is 18.3 Å². The molecular formula is C17H31ClN2O2. The molecule has 1 amide bonds. The fraction of sp³-hybridized carbons (Fsp3) is 0.941. The first-order valence-corrected chi connectivity index (χ1v) is 8.59. The van der Waals surface area contributed by atoms with Crippen LogP contribution < -0.4 is 11.1 Å². The van der Waals surface area contributed by atoms with Gasteiger partial charge in [-0.2, -0.15) is 0 Å². The number of nitrogens with two attached hydrogens (primary N) is 1. The number of hydrogen-bond acceptors (Lipinski definition) is 3. The quantitative estimate of drug-likeness (QED) is 0.818. The summed E-state index contributed by atoms with van der Waals surface area (Å²) in [6, 6.07) is 0.307. The molecule has 3 fully saturated rings. The number of rotatable bonds is 2. The zero-order valence-corrected chi connectivity index (χ0v) is 14.9. The predicted octanol–water partition coefficient (Wildman–Crippen LogP) is 2.64. The van der Waals surface area contributed by atoms with Gasteiger partial charge in [0.05, 0.1) is 6.10 Å². The van der Waals surface area contributed by atoms with Crippen molar-refractivity contribution in [3.8, 4) is 0 Å². The summed E-state index contributed by atoms with van der Waals surface area (Å²) in [5, 5.41) is 3.26. The van der Waals surface area contributed by atoms with Crippen molar-refractivity contribution in [2.24, 2.45) is 23.0 Å². The van der Waals surface area contributed by atoms with Gasteiger partial charge in [0.1, 0.15) is 5.54 Å². The first-order chi connectivity index (χ1) is 9.87. The molecule has 5 heteroatoms. The lowest BCUT2D eigenvalue weighted by atomic mass is 9.46. The van der Waals surface area contributed by atoms with Gasteiger partial charge in [0.25, 0.3) is 0 Å². The third kappa shape index (κ3) is 2.57. The van der Waals surface area contributed by atoms with Gasteiger partial charge < -0.3 is 15.8 Å². The minimum Gasteiger partial charge on any atom is -0.377 e. The zero-order valence-electron chi connectivity index (χ0n) is 14.1. The van der Waals surface area contributed by atoms with Crippen molar-refractivity contribution in [2.45, 2.75) is 77.0 Å². The van der Waals surface area contributed by atoms with E-state index in [-0.39, 0.29) is 35.8 Å². The molecule has 0 bridgehead atoms. The average molecular weight is 331 g/mol. The van der Waals surface area contributed by atoms with E-state index in [2.05, 4.69) is 26.1 Å². The molecule has 1 heterocycles. The lowest BCUT2D eigenvalue weighted by Gasteiger charge is -2.65. The number of carbonyl (C=O) groups is 1. The largest absolute Gasteiger partial charge is 0.377 e. The third-order valence-electron chi connectivity index (χ3n) is 6.33. The van der Waals surface area contributed by atoms with Gasteiger partial charge in [-0.25, -0.2) is 0 Å². The highest BCUT2D eigenvalue weighted by Gasteiger charge is 2.70. The number of halogens is 1. The fourth-order valence-corrected chi connectivity index (χ4v) is 4.91. The molecule has 1 saturated heterocycles. The van der Waals surface area contributed by atoms with Crippen molar-refractivity contribution in [2.75, 3.05) is 6.61 Å². The first-order valence-electron chi connectivity index (χ1n) is 8.59. The van der Waals surface area contributed by atoms with Crippen LogP contribution in [0.3, 0.4) is 0 Å². The van der Waals surface area contributed by atoms with Crippen LogP contribution in [-0.2, 0) is 9.53 Å². The second kappa shape index (κ2) is 6.29. The Labute approximate surface area is 140 Å². The fourth-order valence-electron chi connectivity index (χ4n) is 4.91. The van der Waals surface area contributed by atoms with Crippen LogP contribution in [0.1, 0.15) is 59.3 Å². The average Bonchev–Trinajstić information content (AvgIpc) is 2.46. The number of hydrogen-bond donors (Lipinski definition) is 2. The zero-order chi connectivity index (χ0) is 15.3. The summed E-state index contributed by atoms with van der Waals surface area (Å²) < 4.78 is 5.88. The Kier molecular flexibility index (Phi) is 5.15. The van der Waals surface area contributed by atoms with E-state index in [0.717, 1.165) is 32.3 Å². The van der Waals surface area contributed by atoms with Crippen LogP contribution in [0.2, 0.25) is 0 Å². The molecule has 4 nitrogen and oxygen atoms in total. The maximum absolute atomic E-state index is 12.9. The maximum Gasteiger partial charge on any atom is 0.241 e. The van der Waals surface area contributed by atoms with E-state index in [4.69, 9.17) is 10.5 Å². The summed E-state index contributed by atoms with van der Waals surface area (Å²) in [6.07, 6.45) is 6.85. The van der Waals surface area contributed by atoms with Gasteiger partial charge in [-0.05, 0) is 31.6 Å². The first kappa shape index (κ1) is 18.0. The molecule has 0 aromatic rings. The molecule has 22 heavy (non-hydrogen) atoms. The Hall–Kier alpha value is -0.320. The van der Waals surface area contributed by atoms with Crippen LogP contribution in [0.15, 0.2) is 0 Å². The SMILES string of the molecule is CC1CCCC(NC(=O)C2(N)C3CCCOC3C2(C)C)C1.Cl. The molecular weight excluding hydrogens is 300 g/mol. The minimum atomic E-state index is -0.765. The second-order valence-electron chi connectivity index (χ2n) is 8.07. The Morgan fingerprint density at radius 3 is 2.64 bits per heavy atom. The number of amides is 1. The molecule has 0 spiro atoms. The minimum absolute atomic E-state index is 0. The standard InChI is InChI=1S/C17H30N2O2.ClH/c1-11-6-4-7-12(10-11)19-15(20)17(18)13-8-5-9-21-14(13)16(17,2)3;/h11-14H,4-10,18H2,1-3H3,(H,19,20);1H. The van der Waals surface area contributed by atoms with Gasteiger partial charge in [0.2, 0.25) is 5.91 Å². The number of ether oxygens (including phenoxy) is 1. The second-order valence-corrected chi connectivity index (χ2v) is 8.07. The molecule has 3 rings (SSSR count). The van der Waals surface area contributed by atoms with Crippen LogP contribution in [0, 0.1) is 17.3 Å². The van der Waals surface area contributed by atoms with E-state index < -0.39 is 5.54 Å². The van der Waals surface area contributed by atoms with E-state index >= 15 is 0 Å². The van der Waals surface area contributed by atoms with Crippen molar-refractivity contribution < 1.29 is 9.53 Å². The Balaban J connectivity index is 0.00000176. The van der Waals surface area contributed by atoms with Gasteiger partial charge in [-0.1, -0.05) is 33.6 Å².